The van der Waals surface area contributed by atoms with Crippen LogP contribution in [0.15, 0.2) is 158 Å². The third-order valence-electron chi connectivity index (χ3n) is 10.3. The Morgan fingerprint density at radius 1 is 0.479 bits per heavy atom. The van der Waals surface area contributed by atoms with Gasteiger partial charge in [0.25, 0.3) is 0 Å². The molecule has 0 fully saturated rings. The monoisotopic (exact) mass is 613 g/mol. The first-order chi connectivity index (χ1) is 23.5. The molecule has 0 spiro atoms. The zero-order chi connectivity index (χ0) is 32.2. The van der Waals surface area contributed by atoms with E-state index in [9.17, 15) is 0 Å². The molecule has 0 amide bonds. The molecule has 1 nitrogen and oxygen atoms in total. The van der Waals surface area contributed by atoms with Crippen molar-refractivity contribution in [3.05, 3.63) is 180 Å². The van der Waals surface area contributed by atoms with E-state index in [0.717, 1.165) is 34.5 Å². The van der Waals surface area contributed by atoms with Crippen LogP contribution in [0.3, 0.4) is 0 Å². The highest BCUT2D eigenvalue weighted by molar-refractivity contribution is 5.93. The van der Waals surface area contributed by atoms with E-state index in [4.69, 9.17) is 4.98 Å². The van der Waals surface area contributed by atoms with E-state index in [-0.39, 0.29) is 5.41 Å². The van der Waals surface area contributed by atoms with Gasteiger partial charge in [0.2, 0.25) is 0 Å². The molecule has 0 saturated carbocycles. The molecule has 1 aromatic heterocycles. The van der Waals surface area contributed by atoms with Gasteiger partial charge in [0.05, 0.1) is 11.4 Å². The van der Waals surface area contributed by atoms with Gasteiger partial charge < -0.3 is 0 Å². The van der Waals surface area contributed by atoms with Crippen molar-refractivity contribution in [1.29, 1.82) is 0 Å². The summed E-state index contributed by atoms with van der Waals surface area (Å²) in [5, 5.41) is 0. The normalized spacial score (nSPS) is 13.6. The first-order valence-corrected chi connectivity index (χ1v) is 16.9. The van der Waals surface area contributed by atoms with Gasteiger partial charge >= 0.3 is 0 Å². The summed E-state index contributed by atoms with van der Waals surface area (Å²) in [6, 6.07) is 55.1. The SMILES string of the molecule is CC1(C)c2cc(-c3cccc(-c4cc(-c5ccccc5)nc(-c5ccccc5)c4)c3)ccc2-c2ccc3c(c21)-c1ccccc1C=CC3. The summed E-state index contributed by atoms with van der Waals surface area (Å²) in [6.07, 6.45) is 5.55. The number of hydrogen-bond donors (Lipinski definition) is 0. The van der Waals surface area contributed by atoms with Gasteiger partial charge in [-0.3, -0.25) is 0 Å². The second kappa shape index (κ2) is 11.2. The molecule has 2 aliphatic rings. The minimum absolute atomic E-state index is 0.138. The minimum atomic E-state index is -0.138. The van der Waals surface area contributed by atoms with E-state index in [2.05, 4.69) is 178 Å². The zero-order valence-electron chi connectivity index (χ0n) is 27.2. The molecular weight excluding hydrogens is 579 g/mol. The second-order valence-corrected chi connectivity index (χ2v) is 13.5. The second-order valence-electron chi connectivity index (χ2n) is 13.5. The van der Waals surface area contributed by atoms with Crippen LogP contribution in [-0.2, 0) is 11.8 Å². The quantitative estimate of drug-likeness (QED) is 0.192. The maximum atomic E-state index is 5.10. The third-order valence-corrected chi connectivity index (χ3v) is 10.3. The summed E-state index contributed by atoms with van der Waals surface area (Å²) in [4.78, 5) is 5.10. The predicted octanol–water partition coefficient (Wildman–Crippen LogP) is 12.3. The lowest BCUT2D eigenvalue weighted by Gasteiger charge is -2.26. The van der Waals surface area contributed by atoms with E-state index in [0.29, 0.717) is 0 Å². The van der Waals surface area contributed by atoms with Crippen LogP contribution in [0.2, 0.25) is 0 Å². The first kappa shape index (κ1) is 28.4. The summed E-state index contributed by atoms with van der Waals surface area (Å²) < 4.78 is 0. The smallest absolute Gasteiger partial charge is 0.0715 e. The van der Waals surface area contributed by atoms with Crippen molar-refractivity contribution in [2.75, 3.05) is 0 Å². The molecule has 0 unspecified atom stereocenters. The lowest BCUT2D eigenvalue weighted by atomic mass is 9.76. The molecule has 1 heteroatoms. The van der Waals surface area contributed by atoms with Crippen LogP contribution in [0.5, 0.6) is 0 Å². The molecule has 6 aromatic carbocycles. The third kappa shape index (κ3) is 4.66. The standard InChI is InChI=1S/C47H35N/c1-47(2)42-28-37(24-25-40(42)41-26-23-34-19-11-18-31-13-9-10-22-39(31)45(34)46(41)47)35-20-12-21-36(27-35)38-29-43(32-14-5-3-6-15-32)48-44(30-38)33-16-7-4-8-17-33/h3-18,20-30H,19H2,1-2H3. The van der Waals surface area contributed by atoms with E-state index in [1.165, 1.54) is 61.2 Å². The summed E-state index contributed by atoms with van der Waals surface area (Å²) >= 11 is 0. The van der Waals surface area contributed by atoms with Gasteiger partial charge in [0.1, 0.15) is 0 Å². The van der Waals surface area contributed by atoms with Crippen molar-refractivity contribution in [3.8, 4) is 67.0 Å². The van der Waals surface area contributed by atoms with Gasteiger partial charge in [-0.05, 0) is 97.4 Å². The summed E-state index contributed by atoms with van der Waals surface area (Å²) in [6.45, 7) is 4.82. The van der Waals surface area contributed by atoms with Gasteiger partial charge in [-0.1, -0.05) is 153 Å². The molecule has 48 heavy (non-hydrogen) atoms. The Hall–Kier alpha value is -5.79. The number of benzene rings is 6. The Balaban J connectivity index is 1.15. The molecule has 2 aliphatic carbocycles. The van der Waals surface area contributed by atoms with Gasteiger partial charge in [-0.2, -0.15) is 0 Å². The molecule has 7 aromatic rings. The van der Waals surface area contributed by atoms with Gasteiger partial charge in [-0.15, -0.1) is 0 Å². The van der Waals surface area contributed by atoms with Gasteiger partial charge in [0.15, 0.2) is 0 Å². The fraction of sp³-hybridized carbons (Fsp3) is 0.0851. The fourth-order valence-corrected chi connectivity index (χ4v) is 7.88. The highest BCUT2D eigenvalue weighted by Gasteiger charge is 2.39. The molecule has 0 radical (unpaired) electrons. The van der Waals surface area contributed by atoms with Gasteiger partial charge in [-0.25, -0.2) is 4.98 Å². The highest BCUT2D eigenvalue weighted by Crippen LogP contribution is 2.54. The van der Waals surface area contributed by atoms with Crippen LogP contribution in [0, 0.1) is 0 Å². The van der Waals surface area contributed by atoms with Crippen LogP contribution >= 0.6 is 0 Å². The average molecular weight is 614 g/mol. The molecule has 1 heterocycles. The number of rotatable bonds is 4. The van der Waals surface area contributed by atoms with Crippen molar-refractivity contribution < 1.29 is 0 Å². The number of hydrogen-bond acceptors (Lipinski definition) is 1. The summed E-state index contributed by atoms with van der Waals surface area (Å²) in [7, 11) is 0. The molecule has 0 aliphatic heterocycles. The maximum absolute atomic E-state index is 5.10. The number of fused-ring (bicyclic) bond motifs is 7. The van der Waals surface area contributed by atoms with Crippen LogP contribution in [0.25, 0.3) is 73.1 Å². The van der Waals surface area contributed by atoms with Gasteiger partial charge in [0, 0.05) is 16.5 Å². The number of nitrogens with zero attached hydrogens (tertiary/aromatic N) is 1. The van der Waals surface area contributed by atoms with Crippen molar-refractivity contribution >= 4 is 6.08 Å². The molecule has 9 rings (SSSR count). The van der Waals surface area contributed by atoms with Crippen molar-refractivity contribution in [2.24, 2.45) is 0 Å². The summed E-state index contributed by atoms with van der Waals surface area (Å²) in [5.41, 5.74) is 19.9. The zero-order valence-corrected chi connectivity index (χ0v) is 27.2. The van der Waals surface area contributed by atoms with Crippen LogP contribution in [0.4, 0.5) is 0 Å². The highest BCUT2D eigenvalue weighted by atomic mass is 14.7. The Kier molecular flexibility index (Phi) is 6.62. The van der Waals surface area contributed by atoms with Crippen molar-refractivity contribution in [3.63, 3.8) is 0 Å². The Labute approximate surface area is 282 Å². The lowest BCUT2D eigenvalue weighted by molar-refractivity contribution is 0.661. The molecule has 0 atom stereocenters. The predicted molar refractivity (Wildman–Crippen MR) is 202 cm³/mol. The fourth-order valence-electron chi connectivity index (χ4n) is 7.88. The molecule has 0 bridgehead atoms. The topological polar surface area (TPSA) is 12.9 Å². The van der Waals surface area contributed by atoms with E-state index in [1.807, 2.05) is 0 Å². The number of pyridine rings is 1. The van der Waals surface area contributed by atoms with Crippen molar-refractivity contribution in [2.45, 2.75) is 25.7 Å². The molecule has 0 N–H and O–H groups in total. The molecular formula is C47H35N. The van der Waals surface area contributed by atoms with Crippen LogP contribution in [-0.4, -0.2) is 4.98 Å². The molecule has 228 valence electrons. The number of allylic oxidation sites excluding steroid dienone is 1. The van der Waals surface area contributed by atoms with E-state index >= 15 is 0 Å². The van der Waals surface area contributed by atoms with E-state index in [1.54, 1.807) is 0 Å². The van der Waals surface area contributed by atoms with E-state index < -0.39 is 0 Å². The Bertz CT molecular complexity index is 2320. The minimum Gasteiger partial charge on any atom is -0.248 e. The largest absolute Gasteiger partial charge is 0.248 e. The first-order valence-electron chi connectivity index (χ1n) is 16.9. The maximum Gasteiger partial charge on any atom is 0.0715 e. The summed E-state index contributed by atoms with van der Waals surface area (Å²) in [5.74, 6) is 0. The van der Waals surface area contributed by atoms with Crippen LogP contribution < -0.4 is 0 Å². The Morgan fingerprint density at radius 3 is 1.81 bits per heavy atom. The van der Waals surface area contributed by atoms with Crippen LogP contribution in [0.1, 0.15) is 36.1 Å². The molecule has 0 saturated heterocycles. The number of aromatic nitrogens is 1. The lowest BCUT2D eigenvalue weighted by Crippen LogP contribution is -2.17. The Morgan fingerprint density at radius 2 is 1.08 bits per heavy atom. The van der Waals surface area contributed by atoms with Crippen molar-refractivity contribution in [1.82, 2.24) is 4.98 Å². The average Bonchev–Trinajstić information content (AvgIpc) is 3.25.